The van der Waals surface area contributed by atoms with E-state index in [9.17, 15) is 4.79 Å². The summed E-state index contributed by atoms with van der Waals surface area (Å²) in [5, 5.41) is 8.28. The summed E-state index contributed by atoms with van der Waals surface area (Å²) in [6.07, 6.45) is 9.22. The van der Waals surface area contributed by atoms with Crippen LogP contribution in [-0.4, -0.2) is 60.9 Å². The van der Waals surface area contributed by atoms with E-state index in [-0.39, 0.29) is 18.0 Å². The Hall–Kier alpha value is -4.11. The molecule has 3 aliphatic rings. The number of carbonyl (C=O) groups is 1. The van der Waals surface area contributed by atoms with Gasteiger partial charge >= 0.3 is 0 Å². The number of likely N-dealkylation sites (tertiary alicyclic amines) is 1. The third-order valence-electron chi connectivity index (χ3n) is 9.54. The molecule has 1 saturated heterocycles. The number of hydrogen-bond acceptors (Lipinski definition) is 5. The zero-order valence-corrected chi connectivity index (χ0v) is 23.3. The number of aryl methyl sites for hydroxylation is 2. The molecule has 5 aromatic rings. The molecule has 41 heavy (non-hydrogen) atoms. The molecule has 9 nitrogen and oxygen atoms in total. The highest BCUT2D eigenvalue weighted by atomic mass is 16.5. The van der Waals surface area contributed by atoms with Gasteiger partial charge in [0.05, 0.1) is 24.5 Å². The molecule has 2 bridgehead atoms. The van der Waals surface area contributed by atoms with Crippen molar-refractivity contribution in [1.82, 2.24) is 29.2 Å². The minimum absolute atomic E-state index is 0.0187. The standard InChI is InChI=1S/C32H35N7O2/c1-41-28-14-23(32(40)39-18-22-8-9-26(39)29(22)33)12-24-30(28)37(11-10-20-15-34-35-16-20)31(36-24)27-13-21-4-2-3-5-25(21)38(27)17-19-6-7-19/h2-5,12-16,19,22,26,29H,6-11,17-18,33H2,1H3,(H,34,35)/t22?,26?,29-/m1/s1. The summed E-state index contributed by atoms with van der Waals surface area (Å²) in [7, 11) is 1.67. The highest BCUT2D eigenvalue weighted by Gasteiger charge is 2.47. The van der Waals surface area contributed by atoms with Crippen LogP contribution in [0.4, 0.5) is 0 Å². The zero-order valence-electron chi connectivity index (χ0n) is 23.3. The van der Waals surface area contributed by atoms with E-state index in [2.05, 4.69) is 49.7 Å². The van der Waals surface area contributed by atoms with Crippen molar-refractivity contribution in [3.63, 3.8) is 0 Å². The Bertz CT molecular complexity index is 1760. The first-order valence-electron chi connectivity index (χ1n) is 14.8. The normalized spacial score (nSPS) is 21.9. The number of nitrogens with two attached hydrogens (primary N) is 1. The van der Waals surface area contributed by atoms with Gasteiger partial charge in [-0.15, -0.1) is 0 Å². The number of benzene rings is 2. The van der Waals surface area contributed by atoms with E-state index in [4.69, 9.17) is 15.5 Å². The summed E-state index contributed by atoms with van der Waals surface area (Å²) in [5.74, 6) is 2.68. The van der Waals surface area contributed by atoms with Crippen molar-refractivity contribution in [3.8, 4) is 17.3 Å². The van der Waals surface area contributed by atoms with Gasteiger partial charge < -0.3 is 24.5 Å². The molecular weight excluding hydrogens is 514 g/mol. The molecule has 1 amide bonds. The zero-order chi connectivity index (χ0) is 27.7. The maximum Gasteiger partial charge on any atom is 0.254 e. The summed E-state index contributed by atoms with van der Waals surface area (Å²) < 4.78 is 10.7. The lowest BCUT2D eigenvalue weighted by atomic mass is 10.1. The van der Waals surface area contributed by atoms with E-state index < -0.39 is 0 Å². The minimum atomic E-state index is 0.0187. The van der Waals surface area contributed by atoms with Crippen molar-refractivity contribution in [1.29, 1.82) is 0 Å². The largest absolute Gasteiger partial charge is 0.494 e. The Kier molecular flexibility index (Phi) is 5.70. The van der Waals surface area contributed by atoms with Crippen molar-refractivity contribution in [2.75, 3.05) is 13.7 Å². The molecule has 9 heteroatoms. The SMILES string of the molecule is COc1cc(C(=O)N2CC3CCC2[C@@H]3N)cc2nc(-c3cc4ccccc4n3CC3CC3)n(CCc3cn[nH]c3)c12. The van der Waals surface area contributed by atoms with Crippen LogP contribution < -0.4 is 10.5 Å². The van der Waals surface area contributed by atoms with Gasteiger partial charge in [-0.3, -0.25) is 9.89 Å². The number of ether oxygens (including phenoxy) is 1. The Morgan fingerprint density at radius 1 is 1.12 bits per heavy atom. The molecule has 0 spiro atoms. The molecule has 3 atom stereocenters. The number of H-pyrrole nitrogens is 1. The molecule has 0 radical (unpaired) electrons. The van der Waals surface area contributed by atoms with Crippen LogP contribution in [0.5, 0.6) is 5.75 Å². The lowest BCUT2D eigenvalue weighted by Crippen LogP contribution is -2.41. The van der Waals surface area contributed by atoms with Gasteiger partial charge in [-0.25, -0.2) is 4.98 Å². The summed E-state index contributed by atoms with van der Waals surface area (Å²) in [6.45, 7) is 2.41. The fourth-order valence-corrected chi connectivity index (χ4v) is 7.18. The second-order valence-electron chi connectivity index (χ2n) is 12.1. The number of piperidine rings is 1. The van der Waals surface area contributed by atoms with Gasteiger partial charge in [0.1, 0.15) is 11.3 Å². The number of aromatic amines is 1. The smallest absolute Gasteiger partial charge is 0.254 e. The van der Waals surface area contributed by atoms with Gasteiger partial charge in [0, 0.05) is 54.4 Å². The Morgan fingerprint density at radius 3 is 2.73 bits per heavy atom. The fraction of sp³-hybridized carbons (Fsp3) is 0.406. The van der Waals surface area contributed by atoms with E-state index in [0.29, 0.717) is 29.7 Å². The maximum absolute atomic E-state index is 13.8. The van der Waals surface area contributed by atoms with Crippen LogP contribution in [0.1, 0.15) is 41.6 Å². The molecule has 2 unspecified atom stereocenters. The van der Waals surface area contributed by atoms with Crippen molar-refractivity contribution >= 4 is 27.8 Å². The third-order valence-corrected chi connectivity index (χ3v) is 9.54. The van der Waals surface area contributed by atoms with Gasteiger partial charge in [0.2, 0.25) is 0 Å². The lowest BCUT2D eigenvalue weighted by molar-refractivity contribution is 0.0700. The maximum atomic E-state index is 13.8. The van der Waals surface area contributed by atoms with Crippen LogP contribution in [0.15, 0.2) is 54.9 Å². The molecule has 8 rings (SSSR count). The minimum Gasteiger partial charge on any atom is -0.494 e. The molecule has 1 aliphatic heterocycles. The average molecular weight is 550 g/mol. The second-order valence-corrected chi connectivity index (χ2v) is 12.1. The Morgan fingerprint density at radius 2 is 2.00 bits per heavy atom. The number of imidazole rings is 1. The summed E-state index contributed by atoms with van der Waals surface area (Å²) in [6, 6.07) is 14.9. The van der Waals surface area contributed by atoms with Gasteiger partial charge in [-0.2, -0.15) is 5.10 Å². The summed E-state index contributed by atoms with van der Waals surface area (Å²) in [4.78, 5) is 21.0. The first-order chi connectivity index (χ1) is 20.1. The van der Waals surface area contributed by atoms with E-state index in [1.165, 1.54) is 23.7 Å². The van der Waals surface area contributed by atoms with E-state index in [1.807, 2.05) is 29.4 Å². The second kappa shape index (κ2) is 9.48. The van der Waals surface area contributed by atoms with Gasteiger partial charge in [0.15, 0.2) is 5.82 Å². The summed E-state index contributed by atoms with van der Waals surface area (Å²) >= 11 is 0. The number of rotatable bonds is 8. The van der Waals surface area contributed by atoms with Crippen LogP contribution in [0, 0.1) is 11.8 Å². The predicted molar refractivity (Wildman–Crippen MR) is 158 cm³/mol. The topological polar surface area (TPSA) is 107 Å². The highest BCUT2D eigenvalue weighted by molar-refractivity contribution is 6.00. The van der Waals surface area contributed by atoms with E-state index >= 15 is 0 Å². The third kappa shape index (κ3) is 4.05. The summed E-state index contributed by atoms with van der Waals surface area (Å²) in [5.41, 5.74) is 12.2. The number of para-hydroxylation sites is 1. The van der Waals surface area contributed by atoms with Crippen LogP contribution >= 0.6 is 0 Å². The van der Waals surface area contributed by atoms with Crippen LogP contribution in [0.2, 0.25) is 0 Å². The van der Waals surface area contributed by atoms with E-state index in [0.717, 1.165) is 60.5 Å². The Balaban J connectivity index is 1.28. The molecule has 3 fully saturated rings. The first-order valence-corrected chi connectivity index (χ1v) is 14.8. The number of fused-ring (bicyclic) bond motifs is 4. The van der Waals surface area contributed by atoms with Crippen LogP contribution in [0.3, 0.4) is 0 Å². The van der Waals surface area contributed by atoms with Gasteiger partial charge in [-0.1, -0.05) is 18.2 Å². The molecule has 4 heterocycles. The quantitative estimate of drug-likeness (QED) is 0.294. The molecular formula is C32H35N7O2. The van der Waals surface area contributed by atoms with Crippen LogP contribution in [-0.2, 0) is 19.5 Å². The number of carbonyl (C=O) groups excluding carboxylic acids is 1. The highest BCUT2D eigenvalue weighted by Crippen LogP contribution is 2.40. The van der Waals surface area contributed by atoms with Crippen molar-refractivity contribution in [2.24, 2.45) is 17.6 Å². The molecule has 2 saturated carbocycles. The van der Waals surface area contributed by atoms with Crippen molar-refractivity contribution in [3.05, 3.63) is 66.0 Å². The van der Waals surface area contributed by atoms with Crippen molar-refractivity contribution in [2.45, 2.75) is 57.3 Å². The van der Waals surface area contributed by atoms with Gasteiger partial charge in [0.25, 0.3) is 5.91 Å². The molecule has 210 valence electrons. The number of nitrogens with zero attached hydrogens (tertiary/aromatic N) is 5. The monoisotopic (exact) mass is 549 g/mol. The number of aromatic nitrogens is 5. The predicted octanol–water partition coefficient (Wildman–Crippen LogP) is 4.60. The number of amides is 1. The van der Waals surface area contributed by atoms with Gasteiger partial charge in [-0.05, 0) is 73.8 Å². The lowest BCUT2D eigenvalue weighted by Gasteiger charge is -2.27. The van der Waals surface area contributed by atoms with Crippen molar-refractivity contribution < 1.29 is 9.53 Å². The number of methoxy groups -OCH3 is 1. The van der Waals surface area contributed by atoms with Crippen LogP contribution in [0.25, 0.3) is 33.5 Å². The average Bonchev–Trinajstić information content (AvgIpc) is 3.37. The molecule has 3 N–H and O–H groups in total. The molecule has 3 aromatic heterocycles. The first kappa shape index (κ1) is 24.7. The number of nitrogens with one attached hydrogen (secondary N) is 1. The Labute approximate surface area is 238 Å². The molecule has 2 aliphatic carbocycles. The fourth-order valence-electron chi connectivity index (χ4n) is 7.18. The molecule has 2 aromatic carbocycles. The van der Waals surface area contributed by atoms with E-state index in [1.54, 1.807) is 7.11 Å². The number of hydrogen-bond donors (Lipinski definition) is 2.